The highest BCUT2D eigenvalue weighted by atomic mass is 19.1. The van der Waals surface area contributed by atoms with Crippen molar-refractivity contribution >= 4 is 23.4 Å². The largest absolute Gasteiger partial charge is 0.465 e. The minimum Gasteiger partial charge on any atom is -0.465 e. The van der Waals surface area contributed by atoms with Crippen molar-refractivity contribution in [3.63, 3.8) is 0 Å². The van der Waals surface area contributed by atoms with E-state index in [9.17, 15) is 29.2 Å². The number of nitro groups is 1. The van der Waals surface area contributed by atoms with E-state index in [4.69, 9.17) is 0 Å². The zero-order valence-corrected chi connectivity index (χ0v) is 17.8. The topological polar surface area (TPSA) is 104 Å². The van der Waals surface area contributed by atoms with Crippen LogP contribution >= 0.6 is 0 Å². The number of hydrogen-bond acceptors (Lipinski definition) is 4. The van der Waals surface area contributed by atoms with Crippen LogP contribution in [0.1, 0.15) is 16.7 Å². The van der Waals surface area contributed by atoms with E-state index in [0.29, 0.717) is 16.8 Å². The number of nitro benzene ring substituents is 1. The maximum Gasteiger partial charge on any atom is 0.408 e. The SMILES string of the molecule is CN(C(=O)CN(Cc1ccccc1)C(=O)O)c1ccc([N+](=O)[O-])cc1Cc1ccccc1F. The fraction of sp³-hybridized carbons (Fsp3) is 0.167. The maximum absolute atomic E-state index is 14.2. The van der Waals surface area contributed by atoms with Gasteiger partial charge in [-0.3, -0.25) is 19.8 Å². The number of hydrogen-bond donors (Lipinski definition) is 1. The molecular formula is C24H22FN3O5. The molecule has 8 nitrogen and oxygen atoms in total. The molecule has 0 aliphatic heterocycles. The molecule has 0 bridgehead atoms. The lowest BCUT2D eigenvalue weighted by Gasteiger charge is -2.25. The number of anilines is 1. The minimum atomic E-state index is -1.25. The third kappa shape index (κ3) is 5.91. The molecule has 3 rings (SSSR count). The summed E-state index contributed by atoms with van der Waals surface area (Å²) in [5.74, 6) is -0.999. The molecule has 0 spiro atoms. The first-order valence-electron chi connectivity index (χ1n) is 10.1. The fourth-order valence-electron chi connectivity index (χ4n) is 3.40. The summed E-state index contributed by atoms with van der Waals surface area (Å²) >= 11 is 0. The van der Waals surface area contributed by atoms with Gasteiger partial charge >= 0.3 is 6.09 Å². The molecule has 0 aliphatic carbocycles. The number of benzene rings is 3. The number of nitrogens with zero attached hydrogens (tertiary/aromatic N) is 3. The molecule has 170 valence electrons. The van der Waals surface area contributed by atoms with Crippen LogP contribution in [0.3, 0.4) is 0 Å². The molecule has 0 aromatic heterocycles. The molecule has 2 amide bonds. The van der Waals surface area contributed by atoms with Crippen LogP contribution in [0.4, 0.5) is 20.6 Å². The van der Waals surface area contributed by atoms with Crippen molar-refractivity contribution in [1.29, 1.82) is 0 Å². The highest BCUT2D eigenvalue weighted by molar-refractivity contribution is 5.96. The summed E-state index contributed by atoms with van der Waals surface area (Å²) in [6, 6.07) is 18.9. The number of amides is 2. The summed E-state index contributed by atoms with van der Waals surface area (Å²) in [6.07, 6.45) is -1.23. The predicted octanol–water partition coefficient (Wildman–Crippen LogP) is 4.47. The summed E-state index contributed by atoms with van der Waals surface area (Å²) in [6.45, 7) is -0.394. The highest BCUT2D eigenvalue weighted by Crippen LogP contribution is 2.28. The van der Waals surface area contributed by atoms with Gasteiger partial charge in [0.05, 0.1) is 4.92 Å². The van der Waals surface area contributed by atoms with Crippen LogP contribution in [0.15, 0.2) is 72.8 Å². The summed E-state index contributed by atoms with van der Waals surface area (Å²) in [5.41, 5.74) is 1.55. The Hall–Kier alpha value is -4.27. The summed E-state index contributed by atoms with van der Waals surface area (Å²) in [7, 11) is 1.46. The minimum absolute atomic E-state index is 0.0218. The van der Waals surface area contributed by atoms with Gasteiger partial charge in [0.15, 0.2) is 0 Å². The molecule has 0 saturated heterocycles. The van der Waals surface area contributed by atoms with Crippen LogP contribution < -0.4 is 4.90 Å². The quantitative estimate of drug-likeness (QED) is 0.402. The molecule has 3 aromatic rings. The van der Waals surface area contributed by atoms with Gasteiger partial charge in [-0.15, -0.1) is 0 Å². The average molecular weight is 451 g/mol. The molecule has 0 unspecified atom stereocenters. The van der Waals surface area contributed by atoms with Crippen LogP contribution in [0.25, 0.3) is 0 Å². The van der Waals surface area contributed by atoms with Gasteiger partial charge in [0.2, 0.25) is 5.91 Å². The van der Waals surface area contributed by atoms with E-state index in [1.54, 1.807) is 42.5 Å². The fourth-order valence-corrected chi connectivity index (χ4v) is 3.40. The second-order valence-electron chi connectivity index (χ2n) is 7.42. The van der Waals surface area contributed by atoms with Gasteiger partial charge in [0, 0.05) is 37.8 Å². The van der Waals surface area contributed by atoms with E-state index >= 15 is 0 Å². The number of rotatable bonds is 8. The molecule has 0 radical (unpaired) electrons. The van der Waals surface area contributed by atoms with Crippen molar-refractivity contribution < 1.29 is 24.0 Å². The molecule has 0 fully saturated rings. The van der Waals surface area contributed by atoms with Crippen LogP contribution in [0, 0.1) is 15.9 Å². The Kier molecular flexibility index (Phi) is 7.34. The smallest absolute Gasteiger partial charge is 0.408 e. The van der Waals surface area contributed by atoms with Crippen molar-refractivity contribution in [2.45, 2.75) is 13.0 Å². The Morgan fingerprint density at radius 1 is 1.00 bits per heavy atom. The standard InChI is InChI=1S/C24H22FN3O5/c1-26(23(29)16-27(24(30)31)15-17-7-3-2-4-8-17)22-12-11-20(28(32)33)14-19(22)13-18-9-5-6-10-21(18)25/h2-12,14H,13,15-16H2,1H3,(H,30,31). The van der Waals surface area contributed by atoms with Gasteiger partial charge in [-0.05, 0) is 28.8 Å². The van der Waals surface area contributed by atoms with E-state index < -0.39 is 29.3 Å². The monoisotopic (exact) mass is 451 g/mol. The second-order valence-corrected chi connectivity index (χ2v) is 7.42. The van der Waals surface area contributed by atoms with E-state index in [1.165, 1.54) is 42.3 Å². The Labute approximate surface area is 189 Å². The average Bonchev–Trinajstić information content (AvgIpc) is 2.80. The van der Waals surface area contributed by atoms with Crippen molar-refractivity contribution in [1.82, 2.24) is 4.90 Å². The third-order valence-corrected chi connectivity index (χ3v) is 5.16. The Balaban J connectivity index is 1.87. The molecular weight excluding hydrogens is 429 g/mol. The summed E-state index contributed by atoms with van der Waals surface area (Å²) in [5, 5.41) is 20.8. The molecule has 9 heteroatoms. The zero-order chi connectivity index (χ0) is 24.0. The van der Waals surface area contributed by atoms with Gasteiger partial charge in [-0.1, -0.05) is 48.5 Å². The first-order valence-corrected chi connectivity index (χ1v) is 10.1. The van der Waals surface area contributed by atoms with E-state index in [2.05, 4.69) is 0 Å². The van der Waals surface area contributed by atoms with Crippen molar-refractivity contribution in [2.75, 3.05) is 18.5 Å². The van der Waals surface area contributed by atoms with Gasteiger partial charge in [0.1, 0.15) is 12.4 Å². The van der Waals surface area contributed by atoms with Crippen LogP contribution in [-0.4, -0.2) is 40.5 Å². The second kappa shape index (κ2) is 10.4. The molecule has 33 heavy (non-hydrogen) atoms. The number of likely N-dealkylation sites (N-methyl/N-ethyl adjacent to an activating group) is 1. The Morgan fingerprint density at radius 2 is 1.67 bits per heavy atom. The van der Waals surface area contributed by atoms with Crippen molar-refractivity contribution in [2.24, 2.45) is 0 Å². The summed E-state index contributed by atoms with van der Waals surface area (Å²) in [4.78, 5) is 37.6. The van der Waals surface area contributed by atoms with Gasteiger partial charge in [0.25, 0.3) is 5.69 Å². The number of halogens is 1. The third-order valence-electron chi connectivity index (χ3n) is 5.16. The summed E-state index contributed by atoms with van der Waals surface area (Å²) < 4.78 is 14.2. The number of carbonyl (C=O) groups excluding carboxylic acids is 1. The van der Waals surface area contributed by atoms with Crippen molar-refractivity contribution in [3.05, 3.63) is 105 Å². The maximum atomic E-state index is 14.2. The molecule has 0 atom stereocenters. The first-order chi connectivity index (χ1) is 15.8. The van der Waals surface area contributed by atoms with Crippen molar-refractivity contribution in [3.8, 4) is 0 Å². The van der Waals surface area contributed by atoms with Gasteiger partial charge in [-0.2, -0.15) is 0 Å². The van der Waals surface area contributed by atoms with Gasteiger partial charge in [-0.25, -0.2) is 9.18 Å². The Bertz CT molecular complexity index is 1170. The first kappa shape index (κ1) is 23.4. The van der Waals surface area contributed by atoms with Crippen LogP contribution in [0.2, 0.25) is 0 Å². The number of non-ortho nitro benzene ring substituents is 1. The normalized spacial score (nSPS) is 10.5. The molecule has 3 aromatic carbocycles. The van der Waals surface area contributed by atoms with Crippen LogP contribution in [-0.2, 0) is 17.8 Å². The highest BCUT2D eigenvalue weighted by Gasteiger charge is 2.23. The molecule has 0 heterocycles. The molecule has 0 aliphatic rings. The number of carboxylic acid groups (broad SMARTS) is 1. The van der Waals surface area contributed by atoms with E-state index in [-0.39, 0.29) is 18.7 Å². The zero-order valence-electron chi connectivity index (χ0n) is 17.8. The lowest BCUT2D eigenvalue weighted by molar-refractivity contribution is -0.384. The van der Waals surface area contributed by atoms with Crippen LogP contribution in [0.5, 0.6) is 0 Å². The lowest BCUT2D eigenvalue weighted by atomic mass is 10.0. The molecule has 1 N–H and O–H groups in total. The number of carbonyl (C=O) groups is 2. The predicted molar refractivity (Wildman–Crippen MR) is 121 cm³/mol. The lowest BCUT2D eigenvalue weighted by Crippen LogP contribution is -2.41. The Morgan fingerprint density at radius 3 is 2.30 bits per heavy atom. The van der Waals surface area contributed by atoms with Gasteiger partial charge < -0.3 is 10.0 Å². The van der Waals surface area contributed by atoms with E-state index in [1.807, 2.05) is 0 Å². The van der Waals surface area contributed by atoms with E-state index in [0.717, 1.165) is 10.5 Å². The molecule has 0 saturated carbocycles.